The van der Waals surface area contributed by atoms with Crippen molar-refractivity contribution in [3.63, 3.8) is 0 Å². The Kier molecular flexibility index (Phi) is 4.00. The molecular weight excluding hydrogens is 342 g/mol. The molecule has 2 aromatic rings. The van der Waals surface area contributed by atoms with Gasteiger partial charge in [-0.3, -0.25) is 4.79 Å². The van der Waals surface area contributed by atoms with Crippen LogP contribution in [0.5, 0.6) is 17.2 Å². The van der Waals surface area contributed by atoms with Crippen molar-refractivity contribution in [2.24, 2.45) is 0 Å². The summed E-state index contributed by atoms with van der Waals surface area (Å²) in [6.45, 7) is 2.22. The summed E-state index contributed by atoms with van der Waals surface area (Å²) in [5, 5.41) is 0. The van der Waals surface area contributed by atoms with E-state index >= 15 is 0 Å². The highest BCUT2D eigenvalue weighted by Crippen LogP contribution is 2.39. The van der Waals surface area contributed by atoms with Crippen molar-refractivity contribution in [1.82, 2.24) is 4.90 Å². The lowest BCUT2D eigenvalue weighted by molar-refractivity contribution is -0.128. The van der Waals surface area contributed by atoms with Gasteiger partial charge in [0, 0.05) is 12.1 Å². The van der Waals surface area contributed by atoms with Gasteiger partial charge in [0.1, 0.15) is 25.6 Å². The second-order valence-electron chi connectivity index (χ2n) is 7.06. The number of carbonyl (C=O) groups excluding carboxylic acids is 1. The van der Waals surface area contributed by atoms with Crippen LogP contribution in [0, 0.1) is 0 Å². The molecule has 5 rings (SSSR count). The van der Waals surface area contributed by atoms with Crippen molar-refractivity contribution in [3.8, 4) is 17.2 Å². The lowest BCUT2D eigenvalue weighted by Gasteiger charge is -2.28. The Labute approximate surface area is 158 Å². The number of carbonyl (C=O) groups is 1. The molecule has 138 valence electrons. The van der Waals surface area contributed by atoms with Gasteiger partial charge in [0.2, 0.25) is 0 Å². The Bertz CT molecular complexity index is 920. The third-order valence-electron chi connectivity index (χ3n) is 5.37. The number of hydrogen-bond donors (Lipinski definition) is 0. The van der Waals surface area contributed by atoms with Crippen LogP contribution in [-0.2, 0) is 4.79 Å². The first kappa shape index (κ1) is 16.2. The molecule has 1 amide bonds. The highest BCUT2D eigenvalue weighted by atomic mass is 16.6. The normalized spacial score (nSPS) is 20.5. The fraction of sp³-hybridized carbons (Fsp3) is 0.318. The molecule has 0 unspecified atom stereocenters. The molecule has 0 N–H and O–H groups in total. The number of fused-ring (bicyclic) bond motifs is 2. The van der Waals surface area contributed by atoms with Gasteiger partial charge in [0.15, 0.2) is 11.5 Å². The van der Waals surface area contributed by atoms with Crippen LogP contribution >= 0.6 is 0 Å². The molecule has 2 aromatic carbocycles. The molecule has 5 heteroatoms. The molecule has 0 bridgehead atoms. The highest BCUT2D eigenvalue weighted by Gasteiger charge is 2.33. The lowest BCUT2D eigenvalue weighted by atomic mass is 10.0. The molecule has 27 heavy (non-hydrogen) atoms. The van der Waals surface area contributed by atoms with Gasteiger partial charge in [0.25, 0.3) is 5.91 Å². The van der Waals surface area contributed by atoms with Crippen LogP contribution in [0.25, 0.3) is 6.08 Å². The lowest BCUT2D eigenvalue weighted by Crippen LogP contribution is -2.34. The van der Waals surface area contributed by atoms with E-state index in [-0.39, 0.29) is 11.9 Å². The van der Waals surface area contributed by atoms with E-state index in [1.54, 1.807) is 0 Å². The van der Waals surface area contributed by atoms with E-state index in [4.69, 9.17) is 14.2 Å². The Morgan fingerprint density at radius 1 is 0.963 bits per heavy atom. The number of rotatable bonds is 2. The predicted octanol–water partition coefficient (Wildman–Crippen LogP) is 3.60. The molecule has 0 radical (unpaired) electrons. The molecule has 0 aromatic heterocycles. The molecule has 0 saturated carbocycles. The maximum Gasteiger partial charge on any atom is 0.253 e. The van der Waals surface area contributed by atoms with Crippen LogP contribution in [-0.4, -0.2) is 37.2 Å². The first-order valence-electron chi connectivity index (χ1n) is 9.42. The summed E-state index contributed by atoms with van der Waals surface area (Å²) in [5.41, 5.74) is 2.77. The maximum atomic E-state index is 13.2. The maximum absolute atomic E-state index is 13.2. The minimum Gasteiger partial charge on any atom is -0.488 e. The molecular formula is C22H21NO4. The summed E-state index contributed by atoms with van der Waals surface area (Å²) in [7, 11) is 0. The van der Waals surface area contributed by atoms with Crippen LogP contribution in [0.3, 0.4) is 0 Å². The number of para-hydroxylation sites is 1. The quantitative estimate of drug-likeness (QED) is 0.818. The van der Waals surface area contributed by atoms with Crippen molar-refractivity contribution < 1.29 is 19.0 Å². The fourth-order valence-electron chi connectivity index (χ4n) is 4.05. The number of amides is 1. The molecule has 3 heterocycles. The monoisotopic (exact) mass is 363 g/mol. The smallest absolute Gasteiger partial charge is 0.253 e. The number of ether oxygens (including phenoxy) is 3. The zero-order valence-corrected chi connectivity index (χ0v) is 15.0. The first-order chi connectivity index (χ1) is 13.3. The van der Waals surface area contributed by atoms with Gasteiger partial charge in [-0.15, -0.1) is 0 Å². The average molecular weight is 363 g/mol. The van der Waals surface area contributed by atoms with Crippen LogP contribution < -0.4 is 14.2 Å². The Morgan fingerprint density at radius 3 is 2.74 bits per heavy atom. The van der Waals surface area contributed by atoms with Gasteiger partial charge >= 0.3 is 0 Å². The molecule has 1 saturated heterocycles. The third-order valence-corrected chi connectivity index (χ3v) is 5.37. The standard InChI is InChI=1S/C22H21NO4/c24-22(17-12-16-4-1-2-6-19(16)27-14-17)23-9-3-5-18(23)15-7-8-20-21(13-15)26-11-10-25-20/h1-2,4,6-8,12-13,18H,3,5,9-11,14H2/t18-/m1/s1. The number of likely N-dealkylation sites (tertiary alicyclic amines) is 1. The van der Waals surface area contributed by atoms with Crippen molar-refractivity contribution in [2.45, 2.75) is 18.9 Å². The summed E-state index contributed by atoms with van der Waals surface area (Å²) in [5.74, 6) is 2.44. The highest BCUT2D eigenvalue weighted by molar-refractivity contribution is 5.99. The largest absolute Gasteiger partial charge is 0.488 e. The van der Waals surface area contributed by atoms with E-state index in [1.807, 2.05) is 53.4 Å². The second kappa shape index (κ2) is 6.65. The van der Waals surface area contributed by atoms with Gasteiger partial charge < -0.3 is 19.1 Å². The van der Waals surface area contributed by atoms with E-state index in [1.165, 1.54) is 0 Å². The number of nitrogens with zero attached hydrogens (tertiary/aromatic N) is 1. The molecule has 3 aliphatic rings. The van der Waals surface area contributed by atoms with Crippen LogP contribution in [0.2, 0.25) is 0 Å². The van der Waals surface area contributed by atoms with E-state index in [2.05, 4.69) is 0 Å². The van der Waals surface area contributed by atoms with E-state index in [0.29, 0.717) is 25.4 Å². The van der Waals surface area contributed by atoms with E-state index < -0.39 is 0 Å². The van der Waals surface area contributed by atoms with E-state index in [9.17, 15) is 4.79 Å². The SMILES string of the molecule is O=C(C1=Cc2ccccc2OC1)N1CCC[C@@H]1c1ccc2c(c1)OCCO2. The summed E-state index contributed by atoms with van der Waals surface area (Å²) < 4.78 is 17.1. The van der Waals surface area contributed by atoms with Gasteiger partial charge in [-0.1, -0.05) is 24.3 Å². The topological polar surface area (TPSA) is 48.0 Å². The van der Waals surface area contributed by atoms with Crippen molar-refractivity contribution in [2.75, 3.05) is 26.4 Å². The van der Waals surface area contributed by atoms with Crippen molar-refractivity contribution in [3.05, 3.63) is 59.2 Å². The number of benzene rings is 2. The van der Waals surface area contributed by atoms with Crippen LogP contribution in [0.4, 0.5) is 0 Å². The Balaban J connectivity index is 1.42. The van der Waals surface area contributed by atoms with Gasteiger partial charge in [-0.2, -0.15) is 0 Å². The van der Waals surface area contributed by atoms with Gasteiger partial charge in [0.05, 0.1) is 11.6 Å². The zero-order valence-electron chi connectivity index (χ0n) is 15.0. The minimum atomic E-state index is 0.0573. The third kappa shape index (κ3) is 2.93. The Hall–Kier alpha value is -2.95. The zero-order chi connectivity index (χ0) is 18.2. The molecule has 1 fully saturated rings. The fourth-order valence-corrected chi connectivity index (χ4v) is 4.05. The summed E-state index contributed by atoms with van der Waals surface area (Å²) in [6.07, 6.45) is 3.91. The second-order valence-corrected chi connectivity index (χ2v) is 7.06. The van der Waals surface area contributed by atoms with E-state index in [0.717, 1.165) is 47.8 Å². The average Bonchev–Trinajstić information content (AvgIpc) is 3.22. The summed E-state index contributed by atoms with van der Waals surface area (Å²) in [6, 6.07) is 13.9. The Morgan fingerprint density at radius 2 is 1.81 bits per heavy atom. The van der Waals surface area contributed by atoms with Gasteiger partial charge in [-0.05, 0) is 42.7 Å². The molecule has 5 nitrogen and oxygen atoms in total. The van der Waals surface area contributed by atoms with Crippen LogP contribution in [0.15, 0.2) is 48.0 Å². The van der Waals surface area contributed by atoms with Crippen LogP contribution in [0.1, 0.15) is 30.0 Å². The molecule has 0 spiro atoms. The minimum absolute atomic E-state index is 0.0573. The predicted molar refractivity (Wildman–Crippen MR) is 101 cm³/mol. The summed E-state index contributed by atoms with van der Waals surface area (Å²) in [4.78, 5) is 15.2. The molecule has 1 atom stereocenters. The van der Waals surface area contributed by atoms with Crippen molar-refractivity contribution in [1.29, 1.82) is 0 Å². The van der Waals surface area contributed by atoms with Gasteiger partial charge in [-0.25, -0.2) is 0 Å². The number of hydrogen-bond acceptors (Lipinski definition) is 4. The molecule has 0 aliphatic carbocycles. The van der Waals surface area contributed by atoms with Crippen molar-refractivity contribution >= 4 is 12.0 Å². The first-order valence-corrected chi connectivity index (χ1v) is 9.42. The summed E-state index contributed by atoms with van der Waals surface area (Å²) >= 11 is 0. The molecule has 3 aliphatic heterocycles.